The molecule has 100 valence electrons. The fraction of sp³-hybridized carbons (Fsp3) is 0.667. The zero-order valence-electron chi connectivity index (χ0n) is 10.2. The number of halogens is 1. The fourth-order valence-electron chi connectivity index (χ4n) is 2.15. The molecule has 5 nitrogen and oxygen atoms in total. The van der Waals surface area contributed by atoms with Crippen molar-refractivity contribution in [2.75, 3.05) is 0 Å². The minimum Gasteiger partial charge on any atom is -0.359 e. The monoisotopic (exact) mass is 271 g/mol. The number of hydrogen-bond acceptors (Lipinski definition) is 3. The van der Waals surface area contributed by atoms with Crippen LogP contribution in [-0.2, 0) is 12.4 Å². The van der Waals surface area contributed by atoms with Gasteiger partial charge < -0.3 is 15.2 Å². The molecule has 1 aromatic rings. The molecule has 0 atom stereocenters. The van der Waals surface area contributed by atoms with Gasteiger partial charge in [-0.05, 0) is 12.8 Å². The van der Waals surface area contributed by atoms with Crippen molar-refractivity contribution in [2.45, 2.75) is 50.6 Å². The summed E-state index contributed by atoms with van der Waals surface area (Å²) in [7, 11) is 0. The number of hydrogen-bond donors (Lipinski definition) is 2. The number of urea groups is 1. The van der Waals surface area contributed by atoms with Gasteiger partial charge in [-0.15, -0.1) is 11.6 Å². The third-order valence-corrected chi connectivity index (χ3v) is 3.38. The van der Waals surface area contributed by atoms with Crippen LogP contribution in [0.5, 0.6) is 0 Å². The second-order valence-electron chi connectivity index (χ2n) is 4.58. The molecule has 0 radical (unpaired) electrons. The van der Waals surface area contributed by atoms with Crippen LogP contribution in [0.2, 0.25) is 0 Å². The van der Waals surface area contributed by atoms with Crippen LogP contribution in [0.4, 0.5) is 4.79 Å². The van der Waals surface area contributed by atoms with Crippen molar-refractivity contribution in [3.63, 3.8) is 0 Å². The van der Waals surface area contributed by atoms with E-state index in [0.717, 1.165) is 12.8 Å². The Kier molecular flexibility index (Phi) is 4.87. The molecule has 1 heterocycles. The standard InChI is InChI=1S/C12H18ClN3O2/c13-7-10-6-11(18-16-10)8-14-12(17)15-9-4-2-1-3-5-9/h6,9H,1-5,7-8H2,(H2,14,15,17). The van der Waals surface area contributed by atoms with E-state index in [1.54, 1.807) is 6.07 Å². The highest BCUT2D eigenvalue weighted by atomic mass is 35.5. The number of aromatic nitrogens is 1. The normalized spacial score (nSPS) is 16.5. The van der Waals surface area contributed by atoms with E-state index in [1.807, 2.05) is 0 Å². The van der Waals surface area contributed by atoms with E-state index < -0.39 is 0 Å². The highest BCUT2D eigenvalue weighted by molar-refractivity contribution is 6.16. The zero-order chi connectivity index (χ0) is 12.8. The Hall–Kier alpha value is -1.23. The smallest absolute Gasteiger partial charge is 0.315 e. The van der Waals surface area contributed by atoms with E-state index in [9.17, 15) is 4.79 Å². The number of alkyl halides is 1. The maximum Gasteiger partial charge on any atom is 0.315 e. The Balaban J connectivity index is 1.70. The SMILES string of the molecule is O=C(NCc1cc(CCl)no1)NC1CCCCC1. The van der Waals surface area contributed by atoms with Crippen molar-refractivity contribution in [3.8, 4) is 0 Å². The van der Waals surface area contributed by atoms with Crippen LogP contribution >= 0.6 is 11.6 Å². The molecule has 0 bridgehead atoms. The molecule has 1 aromatic heterocycles. The van der Waals surface area contributed by atoms with Crippen molar-refractivity contribution >= 4 is 17.6 Å². The van der Waals surface area contributed by atoms with Crippen LogP contribution in [0.3, 0.4) is 0 Å². The minimum absolute atomic E-state index is 0.147. The van der Waals surface area contributed by atoms with Crippen molar-refractivity contribution in [2.24, 2.45) is 0 Å². The summed E-state index contributed by atoms with van der Waals surface area (Å²) < 4.78 is 5.02. The quantitative estimate of drug-likeness (QED) is 0.827. The third-order valence-electron chi connectivity index (χ3n) is 3.11. The van der Waals surface area contributed by atoms with Crippen LogP contribution in [0.15, 0.2) is 10.6 Å². The number of nitrogens with one attached hydrogen (secondary N) is 2. The first kappa shape index (κ1) is 13.2. The van der Waals surface area contributed by atoms with Gasteiger partial charge in [-0.2, -0.15) is 0 Å². The van der Waals surface area contributed by atoms with Crippen molar-refractivity contribution in [1.82, 2.24) is 15.8 Å². The van der Waals surface area contributed by atoms with E-state index in [-0.39, 0.29) is 6.03 Å². The van der Waals surface area contributed by atoms with Crippen molar-refractivity contribution < 1.29 is 9.32 Å². The largest absolute Gasteiger partial charge is 0.359 e. The second kappa shape index (κ2) is 6.64. The lowest BCUT2D eigenvalue weighted by Gasteiger charge is -2.22. The molecule has 0 aromatic carbocycles. The van der Waals surface area contributed by atoms with E-state index in [4.69, 9.17) is 16.1 Å². The Morgan fingerprint density at radius 2 is 2.22 bits per heavy atom. The number of carbonyl (C=O) groups is 1. The summed E-state index contributed by atoms with van der Waals surface area (Å²) in [4.78, 5) is 11.7. The second-order valence-corrected chi connectivity index (χ2v) is 4.85. The molecular formula is C12H18ClN3O2. The lowest BCUT2D eigenvalue weighted by Crippen LogP contribution is -2.42. The molecule has 1 fully saturated rings. The molecule has 1 saturated carbocycles. The highest BCUT2D eigenvalue weighted by Gasteiger charge is 2.15. The Bertz CT molecular complexity index is 388. The van der Waals surface area contributed by atoms with Crippen LogP contribution < -0.4 is 10.6 Å². The number of carbonyl (C=O) groups excluding carboxylic acids is 1. The van der Waals surface area contributed by atoms with E-state index in [1.165, 1.54) is 19.3 Å². The Morgan fingerprint density at radius 1 is 1.44 bits per heavy atom. The summed E-state index contributed by atoms with van der Waals surface area (Å²) in [5.41, 5.74) is 0.682. The number of nitrogens with zero attached hydrogens (tertiary/aromatic N) is 1. The van der Waals surface area contributed by atoms with Gasteiger partial charge in [-0.25, -0.2) is 4.79 Å². The third kappa shape index (κ3) is 3.91. The Morgan fingerprint density at radius 3 is 2.89 bits per heavy atom. The van der Waals surface area contributed by atoms with Crippen LogP contribution in [0, 0.1) is 0 Å². The summed E-state index contributed by atoms with van der Waals surface area (Å²) in [5.74, 6) is 0.932. The van der Waals surface area contributed by atoms with Crippen LogP contribution in [-0.4, -0.2) is 17.2 Å². The minimum atomic E-state index is -0.147. The van der Waals surface area contributed by atoms with Gasteiger partial charge >= 0.3 is 6.03 Å². The van der Waals surface area contributed by atoms with Crippen LogP contribution in [0.25, 0.3) is 0 Å². The van der Waals surface area contributed by atoms with Crippen LogP contribution in [0.1, 0.15) is 43.6 Å². The van der Waals surface area contributed by atoms with E-state index in [0.29, 0.717) is 29.9 Å². The summed E-state index contributed by atoms with van der Waals surface area (Å²) in [6.45, 7) is 0.336. The van der Waals surface area contributed by atoms with Gasteiger partial charge in [-0.3, -0.25) is 0 Å². The molecule has 6 heteroatoms. The van der Waals surface area contributed by atoms with Gasteiger partial charge in [0.1, 0.15) is 0 Å². The topological polar surface area (TPSA) is 67.2 Å². The van der Waals surface area contributed by atoms with Crippen molar-refractivity contribution in [3.05, 3.63) is 17.5 Å². The number of rotatable bonds is 4. The zero-order valence-corrected chi connectivity index (χ0v) is 11.0. The lowest BCUT2D eigenvalue weighted by molar-refractivity contribution is 0.230. The van der Waals surface area contributed by atoms with Gasteiger partial charge in [0, 0.05) is 12.1 Å². The molecular weight excluding hydrogens is 254 g/mol. The average Bonchev–Trinajstić information content (AvgIpc) is 2.85. The van der Waals surface area contributed by atoms with Gasteiger partial charge in [0.25, 0.3) is 0 Å². The predicted octanol–water partition coefficient (Wildman–Crippen LogP) is 2.55. The first-order chi connectivity index (χ1) is 8.78. The molecule has 18 heavy (non-hydrogen) atoms. The molecule has 0 unspecified atom stereocenters. The predicted molar refractivity (Wildman–Crippen MR) is 68.3 cm³/mol. The van der Waals surface area contributed by atoms with Gasteiger partial charge in [0.15, 0.2) is 5.76 Å². The molecule has 0 saturated heterocycles. The fourth-order valence-corrected chi connectivity index (χ4v) is 2.28. The van der Waals surface area contributed by atoms with Gasteiger partial charge in [0.05, 0.1) is 18.1 Å². The van der Waals surface area contributed by atoms with Gasteiger partial charge in [-0.1, -0.05) is 24.4 Å². The molecule has 1 aliphatic rings. The summed E-state index contributed by atoms with van der Waals surface area (Å²) in [5, 5.41) is 9.48. The molecule has 0 aliphatic heterocycles. The number of amides is 2. The summed E-state index contributed by atoms with van der Waals surface area (Å²) >= 11 is 5.61. The highest BCUT2D eigenvalue weighted by Crippen LogP contribution is 2.17. The van der Waals surface area contributed by atoms with Crippen molar-refractivity contribution in [1.29, 1.82) is 0 Å². The lowest BCUT2D eigenvalue weighted by atomic mass is 9.96. The molecule has 2 amide bonds. The van der Waals surface area contributed by atoms with Gasteiger partial charge in [0.2, 0.25) is 0 Å². The molecule has 2 rings (SSSR count). The maximum absolute atomic E-state index is 11.7. The Labute approximate surface area is 111 Å². The summed E-state index contributed by atoms with van der Waals surface area (Å²) in [6.07, 6.45) is 5.83. The molecule has 1 aliphatic carbocycles. The molecule has 2 N–H and O–H groups in total. The summed E-state index contributed by atoms with van der Waals surface area (Å²) in [6, 6.07) is 1.91. The molecule has 0 spiro atoms. The maximum atomic E-state index is 11.7. The first-order valence-corrected chi connectivity index (χ1v) is 6.86. The van der Waals surface area contributed by atoms with E-state index in [2.05, 4.69) is 15.8 Å². The average molecular weight is 272 g/mol. The van der Waals surface area contributed by atoms with E-state index >= 15 is 0 Å². The first-order valence-electron chi connectivity index (χ1n) is 6.32.